The number of carbonyl (C=O) groups is 1. The van der Waals surface area contributed by atoms with Crippen molar-refractivity contribution in [1.82, 2.24) is 14.9 Å². The molecule has 0 bridgehead atoms. The number of sulfone groups is 1. The Hall–Kier alpha value is -2.28. The first kappa shape index (κ1) is 14.6. The van der Waals surface area contributed by atoms with Gasteiger partial charge in [-0.1, -0.05) is 18.2 Å². The lowest BCUT2D eigenvalue weighted by molar-refractivity contribution is 0.0787. The Morgan fingerprint density at radius 2 is 1.95 bits per heavy atom. The first-order valence-corrected chi connectivity index (χ1v) is 8.48. The van der Waals surface area contributed by atoms with E-state index in [1.807, 2.05) is 0 Å². The third-order valence-electron chi connectivity index (χ3n) is 3.73. The van der Waals surface area contributed by atoms with Crippen LogP contribution in [0.4, 0.5) is 0 Å². The Kier molecular flexibility index (Phi) is 3.89. The van der Waals surface area contributed by atoms with Gasteiger partial charge in [0.1, 0.15) is 5.69 Å². The number of hydrogen-bond acceptors (Lipinski definition) is 5. The topological polar surface area (TPSA) is 80.2 Å². The van der Waals surface area contributed by atoms with Crippen molar-refractivity contribution in [3.05, 3.63) is 54.6 Å². The van der Waals surface area contributed by atoms with Gasteiger partial charge in [0.15, 0.2) is 9.84 Å². The molecule has 1 unspecified atom stereocenters. The molecule has 1 aliphatic rings. The van der Waals surface area contributed by atoms with Gasteiger partial charge in [0.25, 0.3) is 5.91 Å². The number of carbonyl (C=O) groups excluding carboxylic acids is 1. The van der Waals surface area contributed by atoms with E-state index < -0.39 is 15.1 Å². The summed E-state index contributed by atoms with van der Waals surface area (Å²) in [5.41, 5.74) is 0.236. The van der Waals surface area contributed by atoms with E-state index in [-0.39, 0.29) is 18.1 Å². The lowest BCUT2D eigenvalue weighted by Gasteiger charge is -2.16. The van der Waals surface area contributed by atoms with Crippen LogP contribution in [-0.2, 0) is 9.84 Å². The van der Waals surface area contributed by atoms with Crippen LogP contribution in [-0.4, -0.2) is 47.5 Å². The van der Waals surface area contributed by atoms with Gasteiger partial charge in [0, 0.05) is 25.5 Å². The van der Waals surface area contributed by atoms with Gasteiger partial charge in [0.05, 0.1) is 16.3 Å². The number of benzene rings is 1. The Morgan fingerprint density at radius 1 is 1.18 bits per heavy atom. The van der Waals surface area contributed by atoms with Crippen molar-refractivity contribution in [3.8, 4) is 0 Å². The molecule has 2 heterocycles. The van der Waals surface area contributed by atoms with E-state index >= 15 is 0 Å². The highest BCUT2D eigenvalue weighted by atomic mass is 32.2. The summed E-state index contributed by atoms with van der Waals surface area (Å²) < 4.78 is 25.1. The zero-order chi connectivity index (χ0) is 15.6. The molecule has 1 atom stereocenters. The van der Waals surface area contributed by atoms with Crippen LogP contribution in [0.5, 0.6) is 0 Å². The van der Waals surface area contributed by atoms with Crippen LogP contribution < -0.4 is 0 Å². The van der Waals surface area contributed by atoms with Gasteiger partial charge >= 0.3 is 0 Å². The van der Waals surface area contributed by atoms with Gasteiger partial charge in [-0.3, -0.25) is 9.78 Å². The molecule has 22 heavy (non-hydrogen) atoms. The number of rotatable bonds is 3. The van der Waals surface area contributed by atoms with E-state index in [1.165, 1.54) is 23.5 Å². The van der Waals surface area contributed by atoms with Crippen molar-refractivity contribution < 1.29 is 13.2 Å². The van der Waals surface area contributed by atoms with Crippen LogP contribution in [0.3, 0.4) is 0 Å². The highest BCUT2D eigenvalue weighted by Gasteiger charge is 2.36. The fourth-order valence-electron chi connectivity index (χ4n) is 2.54. The molecule has 7 heteroatoms. The number of nitrogens with zero attached hydrogens (tertiary/aromatic N) is 3. The summed E-state index contributed by atoms with van der Waals surface area (Å²) in [6, 6.07) is 8.34. The molecule has 114 valence electrons. The second-order valence-electron chi connectivity index (χ2n) is 5.11. The van der Waals surface area contributed by atoms with Gasteiger partial charge in [-0.15, -0.1) is 0 Å². The van der Waals surface area contributed by atoms with Crippen molar-refractivity contribution in [2.75, 3.05) is 13.1 Å². The molecule has 2 aromatic rings. The first-order chi connectivity index (χ1) is 10.6. The standard InChI is InChI=1S/C15H15N3O3S/c19-15(14-10-16-7-8-17-14)18-9-6-13(11-18)22(20,21)12-4-2-1-3-5-12/h1-5,7-8,10,13H,6,9,11H2. The van der Waals surface area contributed by atoms with Gasteiger partial charge < -0.3 is 4.90 Å². The molecule has 0 radical (unpaired) electrons. The molecule has 0 spiro atoms. The lowest BCUT2D eigenvalue weighted by Crippen LogP contribution is -2.32. The second-order valence-corrected chi connectivity index (χ2v) is 7.34. The van der Waals surface area contributed by atoms with Crippen molar-refractivity contribution in [1.29, 1.82) is 0 Å². The average Bonchev–Trinajstić information content (AvgIpc) is 3.06. The zero-order valence-corrected chi connectivity index (χ0v) is 12.6. The number of amides is 1. The van der Waals surface area contributed by atoms with E-state index in [0.717, 1.165) is 0 Å². The molecule has 6 nitrogen and oxygen atoms in total. The Labute approximate surface area is 128 Å². The molecular weight excluding hydrogens is 302 g/mol. The minimum Gasteiger partial charge on any atom is -0.336 e. The first-order valence-electron chi connectivity index (χ1n) is 6.93. The highest BCUT2D eigenvalue weighted by molar-refractivity contribution is 7.92. The van der Waals surface area contributed by atoms with E-state index in [0.29, 0.717) is 17.9 Å². The van der Waals surface area contributed by atoms with Crippen molar-refractivity contribution >= 4 is 15.7 Å². The second kappa shape index (κ2) is 5.84. The van der Waals surface area contributed by atoms with Gasteiger partial charge in [-0.05, 0) is 18.6 Å². The fraction of sp³-hybridized carbons (Fsp3) is 0.267. The van der Waals surface area contributed by atoms with Crippen molar-refractivity contribution in [2.45, 2.75) is 16.6 Å². The maximum Gasteiger partial charge on any atom is 0.274 e. The molecule has 1 aromatic carbocycles. The van der Waals surface area contributed by atoms with Crippen molar-refractivity contribution in [3.63, 3.8) is 0 Å². The fourth-order valence-corrected chi connectivity index (χ4v) is 4.25. The van der Waals surface area contributed by atoms with E-state index in [4.69, 9.17) is 0 Å². The molecule has 1 fully saturated rings. The Bertz CT molecular complexity index is 763. The van der Waals surface area contributed by atoms with E-state index in [1.54, 1.807) is 30.3 Å². The Balaban J connectivity index is 1.77. The maximum absolute atomic E-state index is 12.6. The zero-order valence-electron chi connectivity index (χ0n) is 11.8. The molecule has 0 aliphatic carbocycles. The SMILES string of the molecule is O=C(c1cnccn1)N1CCC(S(=O)(=O)c2ccccc2)C1. The van der Waals surface area contributed by atoms with Crippen LogP contribution in [0, 0.1) is 0 Å². The third kappa shape index (κ3) is 2.71. The molecule has 3 rings (SSSR count). The molecule has 0 saturated carbocycles. The average molecular weight is 317 g/mol. The normalized spacial score (nSPS) is 18.4. The molecule has 1 aliphatic heterocycles. The highest BCUT2D eigenvalue weighted by Crippen LogP contribution is 2.24. The minimum absolute atomic E-state index is 0.187. The monoisotopic (exact) mass is 317 g/mol. The van der Waals surface area contributed by atoms with Crippen LogP contribution >= 0.6 is 0 Å². The Morgan fingerprint density at radius 3 is 2.64 bits per heavy atom. The molecule has 1 amide bonds. The lowest BCUT2D eigenvalue weighted by atomic mass is 10.4. The number of aromatic nitrogens is 2. The molecule has 1 aromatic heterocycles. The summed E-state index contributed by atoms with van der Waals surface area (Å²) in [5, 5.41) is -0.574. The molecule has 0 N–H and O–H groups in total. The predicted molar refractivity (Wildman–Crippen MR) is 80.0 cm³/mol. The molecular formula is C15H15N3O3S. The van der Waals surface area contributed by atoms with Crippen LogP contribution in [0.1, 0.15) is 16.9 Å². The van der Waals surface area contributed by atoms with Crippen molar-refractivity contribution in [2.24, 2.45) is 0 Å². The van der Waals surface area contributed by atoms with E-state index in [9.17, 15) is 13.2 Å². The number of likely N-dealkylation sites (tertiary alicyclic amines) is 1. The van der Waals surface area contributed by atoms with Gasteiger partial charge in [0.2, 0.25) is 0 Å². The van der Waals surface area contributed by atoms with Gasteiger partial charge in [-0.2, -0.15) is 0 Å². The van der Waals surface area contributed by atoms with Gasteiger partial charge in [-0.25, -0.2) is 13.4 Å². The summed E-state index contributed by atoms with van der Waals surface area (Å²) in [5.74, 6) is -0.279. The quantitative estimate of drug-likeness (QED) is 0.849. The maximum atomic E-state index is 12.6. The minimum atomic E-state index is -3.42. The summed E-state index contributed by atoms with van der Waals surface area (Å²) in [7, 11) is -3.42. The smallest absolute Gasteiger partial charge is 0.274 e. The summed E-state index contributed by atoms with van der Waals surface area (Å²) in [4.78, 5) is 21.9. The van der Waals surface area contributed by atoms with Crippen LogP contribution in [0.2, 0.25) is 0 Å². The summed E-state index contributed by atoms with van der Waals surface area (Å²) in [6.07, 6.45) is 4.76. The van der Waals surface area contributed by atoms with E-state index in [2.05, 4.69) is 9.97 Å². The summed E-state index contributed by atoms with van der Waals surface area (Å²) >= 11 is 0. The van der Waals surface area contributed by atoms with Crippen LogP contribution in [0.25, 0.3) is 0 Å². The third-order valence-corrected chi connectivity index (χ3v) is 5.92. The predicted octanol–water partition coefficient (Wildman–Crippen LogP) is 1.17. The number of hydrogen-bond donors (Lipinski definition) is 0. The molecule has 1 saturated heterocycles. The van der Waals surface area contributed by atoms with Crippen LogP contribution in [0.15, 0.2) is 53.8 Å². The summed E-state index contributed by atoms with van der Waals surface area (Å²) in [6.45, 7) is 0.596. The largest absolute Gasteiger partial charge is 0.336 e.